The molecule has 0 unspecified atom stereocenters. The Morgan fingerprint density at radius 1 is 1.00 bits per heavy atom. The number of nitrogens with one attached hydrogen (secondary N) is 2. The van der Waals surface area contributed by atoms with Crippen LogP contribution in [0.4, 0.5) is 4.79 Å². The smallest absolute Gasteiger partial charge is 0.315 e. The fraction of sp³-hybridized carbons (Fsp3) is 0.611. The second-order valence-corrected chi connectivity index (χ2v) is 7.90. The summed E-state index contributed by atoms with van der Waals surface area (Å²) < 4.78 is 0. The van der Waals surface area contributed by atoms with Crippen molar-refractivity contribution in [3.63, 3.8) is 0 Å². The molecule has 1 saturated carbocycles. The van der Waals surface area contributed by atoms with Gasteiger partial charge >= 0.3 is 6.03 Å². The van der Waals surface area contributed by atoms with Crippen molar-refractivity contribution in [1.82, 2.24) is 10.6 Å². The summed E-state index contributed by atoms with van der Waals surface area (Å²) in [6, 6.07) is 10.3. The van der Waals surface area contributed by atoms with Gasteiger partial charge in [0.15, 0.2) is 0 Å². The van der Waals surface area contributed by atoms with Crippen molar-refractivity contribution in [3.05, 3.63) is 35.9 Å². The number of aliphatic hydroxyl groups is 1. The lowest BCUT2D eigenvalue weighted by atomic mass is 9.78. The molecule has 126 valence electrons. The van der Waals surface area contributed by atoms with E-state index in [1.165, 1.54) is 0 Å². The highest BCUT2D eigenvalue weighted by Gasteiger charge is 2.35. The molecule has 2 amide bonds. The van der Waals surface area contributed by atoms with Gasteiger partial charge in [-0.2, -0.15) is 11.8 Å². The lowest BCUT2D eigenvalue weighted by molar-refractivity contribution is -0.00735. The predicted octanol–water partition coefficient (Wildman–Crippen LogP) is 3.01. The van der Waals surface area contributed by atoms with Crippen LogP contribution in [0.1, 0.15) is 44.1 Å². The van der Waals surface area contributed by atoms with Gasteiger partial charge in [-0.3, -0.25) is 0 Å². The number of rotatable bonds is 3. The van der Waals surface area contributed by atoms with Gasteiger partial charge in [-0.1, -0.05) is 30.3 Å². The van der Waals surface area contributed by atoms with E-state index in [1.54, 1.807) is 0 Å². The Morgan fingerprint density at radius 2 is 1.57 bits per heavy atom. The van der Waals surface area contributed by atoms with Crippen LogP contribution in [-0.2, 0) is 5.60 Å². The molecule has 1 saturated heterocycles. The Balaban J connectivity index is 1.46. The molecule has 0 aromatic heterocycles. The van der Waals surface area contributed by atoms with Crippen LogP contribution >= 0.6 is 11.8 Å². The Bertz CT molecular complexity index is 509. The van der Waals surface area contributed by atoms with E-state index in [2.05, 4.69) is 10.6 Å². The van der Waals surface area contributed by atoms with Gasteiger partial charge in [0.2, 0.25) is 0 Å². The van der Waals surface area contributed by atoms with E-state index in [0.29, 0.717) is 18.9 Å². The van der Waals surface area contributed by atoms with Crippen molar-refractivity contribution >= 4 is 17.8 Å². The second-order valence-electron chi connectivity index (χ2n) is 6.68. The summed E-state index contributed by atoms with van der Waals surface area (Å²) in [5.74, 6) is 2.27. The predicted molar refractivity (Wildman–Crippen MR) is 94.6 cm³/mol. The summed E-state index contributed by atoms with van der Waals surface area (Å²) in [5.41, 5.74) is 0.249. The van der Waals surface area contributed by atoms with Crippen LogP contribution in [0.3, 0.4) is 0 Å². The number of carbonyl (C=O) groups is 1. The Hall–Kier alpha value is -1.20. The minimum absolute atomic E-state index is 0.0444. The Morgan fingerprint density at radius 3 is 2.17 bits per heavy atom. The lowest BCUT2D eigenvalue weighted by Gasteiger charge is -2.37. The first kappa shape index (κ1) is 16.7. The molecule has 4 nitrogen and oxygen atoms in total. The Labute approximate surface area is 142 Å². The van der Waals surface area contributed by atoms with E-state index in [9.17, 15) is 9.90 Å². The van der Waals surface area contributed by atoms with Crippen LogP contribution in [0.25, 0.3) is 0 Å². The monoisotopic (exact) mass is 334 g/mol. The van der Waals surface area contributed by atoms with Gasteiger partial charge in [0.25, 0.3) is 0 Å². The highest BCUT2D eigenvalue weighted by Crippen LogP contribution is 2.36. The minimum atomic E-state index is -0.740. The summed E-state index contributed by atoms with van der Waals surface area (Å²) in [6.07, 6.45) is 5.16. The minimum Gasteiger partial charge on any atom is -0.385 e. The van der Waals surface area contributed by atoms with Gasteiger partial charge in [-0.15, -0.1) is 0 Å². The standard InChI is InChI=1S/C18H26N2O2S/c21-17(20-16-8-12-23-13-9-16)19-15-6-10-18(22,11-7-15)14-4-2-1-3-5-14/h1-5,15-16,22H,6-13H2,(H2,19,20,21). The third-order valence-corrected chi connectivity index (χ3v) is 6.06. The average molecular weight is 334 g/mol. The van der Waals surface area contributed by atoms with Crippen molar-refractivity contribution < 1.29 is 9.90 Å². The van der Waals surface area contributed by atoms with Crippen LogP contribution in [0, 0.1) is 0 Å². The number of urea groups is 1. The van der Waals surface area contributed by atoms with Crippen LogP contribution in [0.5, 0.6) is 0 Å². The summed E-state index contributed by atoms with van der Waals surface area (Å²) in [6.45, 7) is 0. The van der Waals surface area contributed by atoms with Crippen molar-refractivity contribution in [2.45, 2.75) is 56.2 Å². The molecular weight excluding hydrogens is 308 g/mol. The molecular formula is C18H26N2O2S. The molecule has 0 bridgehead atoms. The zero-order valence-electron chi connectivity index (χ0n) is 13.5. The first-order valence-electron chi connectivity index (χ1n) is 8.58. The van der Waals surface area contributed by atoms with Crippen LogP contribution < -0.4 is 10.6 Å². The Kier molecular flexibility index (Phi) is 5.49. The quantitative estimate of drug-likeness (QED) is 0.796. The first-order valence-corrected chi connectivity index (χ1v) is 9.74. The molecule has 23 heavy (non-hydrogen) atoms. The second kappa shape index (κ2) is 7.58. The SMILES string of the molecule is O=C(NC1CCSCC1)NC1CCC(O)(c2ccccc2)CC1. The molecule has 0 atom stereocenters. The maximum atomic E-state index is 12.1. The fourth-order valence-corrected chi connectivity index (χ4v) is 4.64. The number of hydrogen-bond acceptors (Lipinski definition) is 3. The number of hydrogen-bond donors (Lipinski definition) is 3. The molecule has 1 aliphatic carbocycles. The average Bonchev–Trinajstić information content (AvgIpc) is 2.59. The molecule has 1 heterocycles. The van der Waals surface area contributed by atoms with Gasteiger partial charge in [0.1, 0.15) is 0 Å². The van der Waals surface area contributed by atoms with Crippen molar-refractivity contribution in [1.29, 1.82) is 0 Å². The normalized spacial score (nSPS) is 29.0. The third-order valence-electron chi connectivity index (χ3n) is 5.02. The number of benzene rings is 1. The van der Waals surface area contributed by atoms with Gasteiger partial charge in [0.05, 0.1) is 5.60 Å². The molecule has 5 heteroatoms. The van der Waals surface area contributed by atoms with Crippen molar-refractivity contribution in [3.8, 4) is 0 Å². The van der Waals surface area contributed by atoms with E-state index in [4.69, 9.17) is 0 Å². The van der Waals surface area contributed by atoms with E-state index < -0.39 is 5.60 Å². The highest BCUT2D eigenvalue weighted by molar-refractivity contribution is 7.99. The van der Waals surface area contributed by atoms with Crippen molar-refractivity contribution in [2.24, 2.45) is 0 Å². The van der Waals surface area contributed by atoms with E-state index >= 15 is 0 Å². The lowest BCUT2D eigenvalue weighted by Crippen LogP contribution is -2.49. The van der Waals surface area contributed by atoms with Gasteiger partial charge in [-0.25, -0.2) is 4.79 Å². The molecule has 2 aliphatic rings. The topological polar surface area (TPSA) is 61.4 Å². The van der Waals surface area contributed by atoms with Gasteiger partial charge < -0.3 is 15.7 Å². The highest BCUT2D eigenvalue weighted by atomic mass is 32.2. The summed E-state index contributed by atoms with van der Waals surface area (Å²) in [7, 11) is 0. The first-order chi connectivity index (χ1) is 11.2. The molecule has 1 aromatic rings. The molecule has 0 spiro atoms. The maximum absolute atomic E-state index is 12.1. The van der Waals surface area contributed by atoms with E-state index in [0.717, 1.165) is 42.8 Å². The molecule has 3 rings (SSSR count). The molecule has 0 radical (unpaired) electrons. The molecule has 1 aliphatic heterocycles. The largest absolute Gasteiger partial charge is 0.385 e. The van der Waals surface area contributed by atoms with Crippen LogP contribution in [0.15, 0.2) is 30.3 Å². The number of amides is 2. The molecule has 3 N–H and O–H groups in total. The van der Waals surface area contributed by atoms with Crippen LogP contribution in [0.2, 0.25) is 0 Å². The number of carbonyl (C=O) groups excluding carboxylic acids is 1. The zero-order valence-corrected chi connectivity index (χ0v) is 14.3. The van der Waals surface area contributed by atoms with Crippen LogP contribution in [-0.4, -0.2) is 34.7 Å². The fourth-order valence-electron chi connectivity index (χ4n) is 3.53. The molecule has 2 fully saturated rings. The third kappa shape index (κ3) is 4.42. The zero-order chi connectivity index (χ0) is 16.1. The molecule has 1 aromatic carbocycles. The summed E-state index contributed by atoms with van der Waals surface area (Å²) >= 11 is 1.96. The van der Waals surface area contributed by atoms with E-state index in [1.807, 2.05) is 42.1 Å². The van der Waals surface area contributed by atoms with Gasteiger partial charge in [-0.05, 0) is 55.6 Å². The maximum Gasteiger partial charge on any atom is 0.315 e. The van der Waals surface area contributed by atoms with Gasteiger partial charge in [0, 0.05) is 12.1 Å². The summed E-state index contributed by atoms with van der Waals surface area (Å²) in [4.78, 5) is 12.1. The number of thioether (sulfide) groups is 1. The van der Waals surface area contributed by atoms with Crippen molar-refractivity contribution in [2.75, 3.05) is 11.5 Å². The summed E-state index contributed by atoms with van der Waals surface area (Å²) in [5, 5.41) is 17.0. The van der Waals surface area contributed by atoms with E-state index in [-0.39, 0.29) is 12.1 Å².